The fourth-order valence-electron chi connectivity index (χ4n) is 7.41. The van der Waals surface area contributed by atoms with Gasteiger partial charge in [-0.1, -0.05) is 0 Å². The zero-order valence-corrected chi connectivity index (χ0v) is 33.2. The van der Waals surface area contributed by atoms with Crippen LogP contribution in [0.1, 0.15) is 13.8 Å². The van der Waals surface area contributed by atoms with E-state index in [1.807, 2.05) is 0 Å². The molecule has 0 aromatic heterocycles. The van der Waals surface area contributed by atoms with Crippen LogP contribution >= 0.6 is 0 Å². The number of aliphatic hydroxyl groups excluding tert-OH is 14. The largest absolute Gasteiger partial charge is 0.394 e. The Labute approximate surface area is 347 Å². The zero-order chi connectivity index (χ0) is 45.2. The minimum atomic E-state index is -2.09. The van der Waals surface area contributed by atoms with Crippen molar-refractivity contribution in [1.82, 2.24) is 5.32 Å². The lowest BCUT2D eigenvalue weighted by Crippen LogP contribution is -2.70. The number of aliphatic hydroxyl groups is 14. The van der Waals surface area contributed by atoms with E-state index in [0.29, 0.717) is 0 Å². The minimum Gasteiger partial charge on any atom is -0.394 e. The summed E-state index contributed by atoms with van der Waals surface area (Å²) < 4.78 is 56.8. The lowest BCUT2D eigenvalue weighted by atomic mass is 9.94. The summed E-state index contributed by atoms with van der Waals surface area (Å²) in [6.07, 6.45) is -41.6. The Hall–Kier alpha value is -1.53. The molecule has 0 radical (unpaired) electrons. The van der Waals surface area contributed by atoms with Gasteiger partial charge >= 0.3 is 0 Å². The molecule has 5 saturated heterocycles. The molecule has 0 aromatic carbocycles. The third-order valence-corrected chi connectivity index (χ3v) is 11.2. The highest BCUT2D eigenvalue weighted by atomic mass is 16.8. The number of methoxy groups -OCH3 is 1. The number of carbonyl (C=O) groups is 1. The Morgan fingerprint density at radius 1 is 0.541 bits per heavy atom. The molecular formula is C34H60N2O25. The van der Waals surface area contributed by atoms with Gasteiger partial charge in [0.05, 0.1) is 38.6 Å². The van der Waals surface area contributed by atoms with Gasteiger partial charge < -0.3 is 130 Å². The molecule has 5 fully saturated rings. The predicted molar refractivity (Wildman–Crippen MR) is 189 cm³/mol. The first-order chi connectivity index (χ1) is 28.7. The van der Waals surface area contributed by atoms with Crippen LogP contribution in [0.5, 0.6) is 0 Å². The van der Waals surface area contributed by atoms with Crippen molar-refractivity contribution in [3.05, 3.63) is 0 Å². The second kappa shape index (κ2) is 21.6. The summed E-state index contributed by atoms with van der Waals surface area (Å²) in [6, 6.07) is -2.67. The maximum absolute atomic E-state index is 13.0. The molecule has 5 aliphatic rings. The Kier molecular flexibility index (Phi) is 17.9. The molecule has 27 nitrogen and oxygen atoms in total. The molecule has 5 aliphatic heterocycles. The van der Waals surface area contributed by atoms with Gasteiger partial charge in [0.1, 0.15) is 116 Å². The van der Waals surface area contributed by atoms with E-state index in [1.54, 1.807) is 0 Å². The number of rotatable bonds is 15. The van der Waals surface area contributed by atoms with Crippen LogP contribution in [-0.4, -0.2) is 270 Å². The summed E-state index contributed by atoms with van der Waals surface area (Å²) in [5.74, 6) is -0.819. The van der Waals surface area contributed by atoms with E-state index < -0.39 is 192 Å². The normalized spacial score (nSPS) is 50.2. The van der Waals surface area contributed by atoms with Crippen molar-refractivity contribution in [3.8, 4) is 0 Å². The average molecular weight is 897 g/mol. The summed E-state index contributed by atoms with van der Waals surface area (Å²) in [5.41, 5.74) is 5.81. The van der Waals surface area contributed by atoms with Crippen LogP contribution in [0.3, 0.4) is 0 Å². The first-order valence-corrected chi connectivity index (χ1v) is 19.5. The van der Waals surface area contributed by atoms with E-state index in [0.717, 1.165) is 7.11 Å². The second-order valence-corrected chi connectivity index (χ2v) is 15.6. The molecule has 0 bridgehead atoms. The van der Waals surface area contributed by atoms with Crippen LogP contribution in [0, 0.1) is 0 Å². The molecule has 356 valence electrons. The number of nitrogens with two attached hydrogens (primary N) is 1. The Morgan fingerprint density at radius 3 is 1.39 bits per heavy atom. The standard InChI is InChI=1S/C34H60N2O25/c1-8(35)29(51)36-14-28(61-34-26(50)22(46)18(42)13(59-34)7-54-32-24(48)20(44)16(40)10(4-37)56-32)27(11(5-38)57-30(14)52-3)60-33-25(49)21(45)17(41)12(58-33)6-53-31-23(47)19(43)15(39)9(2)55-31/h8-28,30-34,37-50H,4-7,35H2,1-3H3,(H,36,51)/t8-,9-,10+,11+,12+,13+,14+,15-,16+,17+,18+,19+,20-,21-,22-,23+,24+,25+,26+,27-,28+,30-,31+,32-,33+,34-/m0/s1. The fourth-order valence-corrected chi connectivity index (χ4v) is 7.41. The monoisotopic (exact) mass is 896 g/mol. The van der Waals surface area contributed by atoms with Crippen molar-refractivity contribution in [2.45, 2.75) is 173 Å². The van der Waals surface area contributed by atoms with Gasteiger partial charge in [0, 0.05) is 7.11 Å². The van der Waals surface area contributed by atoms with E-state index in [1.165, 1.54) is 13.8 Å². The third-order valence-electron chi connectivity index (χ3n) is 11.2. The first kappa shape index (κ1) is 50.5. The van der Waals surface area contributed by atoms with Gasteiger partial charge in [0.2, 0.25) is 5.91 Å². The van der Waals surface area contributed by atoms with Crippen LogP contribution in [0.25, 0.3) is 0 Å². The minimum absolute atomic E-state index is 0.680. The van der Waals surface area contributed by atoms with E-state index in [2.05, 4.69) is 5.32 Å². The van der Waals surface area contributed by atoms with E-state index in [4.69, 9.17) is 53.1 Å². The summed E-state index contributed by atoms with van der Waals surface area (Å²) in [5, 5.41) is 149. The number of hydrogen-bond donors (Lipinski definition) is 16. The van der Waals surface area contributed by atoms with Crippen LogP contribution in [0.2, 0.25) is 0 Å². The Balaban J connectivity index is 1.40. The molecule has 0 aromatic rings. The Morgan fingerprint density at radius 2 is 0.934 bits per heavy atom. The van der Waals surface area contributed by atoms with Gasteiger partial charge in [0.25, 0.3) is 0 Å². The molecular weight excluding hydrogens is 836 g/mol. The van der Waals surface area contributed by atoms with Crippen molar-refractivity contribution in [1.29, 1.82) is 0 Å². The topological polar surface area (TPSA) is 431 Å². The van der Waals surface area contributed by atoms with Crippen molar-refractivity contribution in [2.75, 3.05) is 33.5 Å². The van der Waals surface area contributed by atoms with Crippen LogP contribution < -0.4 is 11.1 Å². The maximum atomic E-state index is 13.0. The predicted octanol–water partition coefficient (Wildman–Crippen LogP) is -10.8. The summed E-state index contributed by atoms with van der Waals surface area (Å²) >= 11 is 0. The second-order valence-electron chi connectivity index (χ2n) is 15.6. The highest BCUT2D eigenvalue weighted by Crippen LogP contribution is 2.35. The van der Waals surface area contributed by atoms with E-state index in [9.17, 15) is 76.3 Å². The number of hydrogen-bond acceptors (Lipinski definition) is 26. The molecule has 5 rings (SSSR count). The first-order valence-electron chi connectivity index (χ1n) is 19.5. The number of amides is 1. The molecule has 0 saturated carbocycles. The van der Waals surface area contributed by atoms with E-state index in [-0.39, 0.29) is 0 Å². The van der Waals surface area contributed by atoms with Gasteiger partial charge in [-0.25, -0.2) is 0 Å². The van der Waals surface area contributed by atoms with Crippen LogP contribution in [0.4, 0.5) is 0 Å². The van der Waals surface area contributed by atoms with Crippen molar-refractivity contribution in [2.24, 2.45) is 5.73 Å². The van der Waals surface area contributed by atoms with Crippen LogP contribution in [-0.2, 0) is 52.2 Å². The molecule has 0 aliphatic carbocycles. The number of nitrogens with one attached hydrogen (secondary N) is 1. The average Bonchev–Trinajstić information content (AvgIpc) is 3.24. The molecule has 5 heterocycles. The van der Waals surface area contributed by atoms with Gasteiger partial charge in [-0.15, -0.1) is 0 Å². The maximum Gasteiger partial charge on any atom is 0.237 e. The van der Waals surface area contributed by atoms with Crippen molar-refractivity contribution >= 4 is 5.91 Å². The van der Waals surface area contributed by atoms with Crippen molar-refractivity contribution in [3.63, 3.8) is 0 Å². The van der Waals surface area contributed by atoms with E-state index >= 15 is 0 Å². The molecule has 26 atom stereocenters. The molecule has 1 amide bonds. The van der Waals surface area contributed by atoms with Crippen LogP contribution in [0.15, 0.2) is 0 Å². The molecule has 27 heteroatoms. The Bertz CT molecular complexity index is 1380. The quantitative estimate of drug-likeness (QED) is 0.0725. The lowest BCUT2D eigenvalue weighted by molar-refractivity contribution is -0.378. The summed E-state index contributed by atoms with van der Waals surface area (Å²) in [6.45, 7) is -0.389. The van der Waals surface area contributed by atoms with Crippen molar-refractivity contribution < 1.29 is 124 Å². The molecule has 0 unspecified atom stereocenters. The fraction of sp³-hybridized carbons (Fsp3) is 0.971. The van der Waals surface area contributed by atoms with Gasteiger partial charge in [-0.05, 0) is 13.8 Å². The SMILES string of the molecule is CO[C@H]1O[C@H](CO)[C@H](O[C@H]2O[C@H](CO[C@@H]3O[C@@H](C)[C@H](O)[C@@H](O)[C@H]3O)[C@@H](O)[C@H](O)[C@H]2O)[C@H](O[C@@H]2O[C@H](CO[C@H]3O[C@H](CO)[C@@H](O)[C@H](O)[C@H]3O)[C@@H](O)[C@H](O)[C@H]2O)[C@H]1NC(=O)[C@H](C)N. The molecule has 17 N–H and O–H groups in total. The zero-order valence-electron chi connectivity index (χ0n) is 33.2. The van der Waals surface area contributed by atoms with Gasteiger partial charge in [0.15, 0.2) is 31.5 Å². The number of carbonyl (C=O) groups excluding carboxylic acids is 1. The van der Waals surface area contributed by atoms with Gasteiger partial charge in [-0.2, -0.15) is 0 Å². The summed E-state index contributed by atoms with van der Waals surface area (Å²) in [7, 11) is 1.16. The molecule has 0 spiro atoms. The third kappa shape index (κ3) is 11.0. The highest BCUT2D eigenvalue weighted by Gasteiger charge is 2.56. The smallest absolute Gasteiger partial charge is 0.237 e. The van der Waals surface area contributed by atoms with Gasteiger partial charge in [-0.3, -0.25) is 4.79 Å². The molecule has 61 heavy (non-hydrogen) atoms. The lowest BCUT2D eigenvalue weighted by Gasteiger charge is -2.50. The number of ether oxygens (including phenoxy) is 10. The summed E-state index contributed by atoms with van der Waals surface area (Å²) in [4.78, 5) is 13.0. The highest BCUT2D eigenvalue weighted by molar-refractivity contribution is 5.81.